The van der Waals surface area contributed by atoms with Crippen molar-refractivity contribution in [1.82, 2.24) is 14.1 Å². The average molecular weight is 394 g/mol. The number of aryl methyl sites for hydroxylation is 1. The van der Waals surface area contributed by atoms with Crippen LogP contribution in [0.2, 0.25) is 5.02 Å². The molecule has 2 heterocycles. The lowest BCUT2D eigenvalue weighted by atomic mass is 10.2. The SMILES string of the molecule is Cc1nc2c(Cl)cc(F)c(-n3c(=O)cc(C(F)(F)F)n(C)c3=O)c2s1. The second-order valence-electron chi connectivity index (χ2n) is 5.14. The van der Waals surface area contributed by atoms with E-state index in [1.165, 1.54) is 0 Å². The first kappa shape index (κ1) is 17.6. The summed E-state index contributed by atoms with van der Waals surface area (Å²) in [7, 11) is 0.851. The van der Waals surface area contributed by atoms with Gasteiger partial charge in [0.1, 0.15) is 16.9 Å². The van der Waals surface area contributed by atoms with Gasteiger partial charge in [0.25, 0.3) is 5.56 Å². The molecule has 0 unspecified atom stereocenters. The number of halogens is 5. The van der Waals surface area contributed by atoms with Gasteiger partial charge in [0.05, 0.1) is 14.7 Å². The first-order chi connectivity index (χ1) is 11.5. The Morgan fingerprint density at radius 2 is 1.88 bits per heavy atom. The second-order valence-corrected chi connectivity index (χ2v) is 6.75. The third-order valence-corrected chi connectivity index (χ3v) is 4.75. The normalized spacial score (nSPS) is 12.1. The van der Waals surface area contributed by atoms with Crippen molar-refractivity contribution in [3.63, 3.8) is 0 Å². The van der Waals surface area contributed by atoms with Crippen molar-refractivity contribution in [3.05, 3.63) is 54.5 Å². The number of nitrogens with zero attached hydrogens (tertiary/aromatic N) is 3. The number of benzene rings is 1. The highest BCUT2D eigenvalue weighted by molar-refractivity contribution is 7.19. The Balaban J connectivity index is 2.48. The minimum Gasteiger partial charge on any atom is -0.292 e. The zero-order chi connectivity index (χ0) is 18.7. The van der Waals surface area contributed by atoms with Crippen molar-refractivity contribution in [2.75, 3.05) is 0 Å². The topological polar surface area (TPSA) is 56.9 Å². The lowest BCUT2D eigenvalue weighted by Gasteiger charge is -2.14. The third-order valence-electron chi connectivity index (χ3n) is 3.49. The summed E-state index contributed by atoms with van der Waals surface area (Å²) in [4.78, 5) is 28.6. The van der Waals surface area contributed by atoms with E-state index in [2.05, 4.69) is 4.98 Å². The van der Waals surface area contributed by atoms with Gasteiger partial charge < -0.3 is 0 Å². The molecule has 25 heavy (non-hydrogen) atoms. The smallest absolute Gasteiger partial charge is 0.292 e. The molecule has 0 saturated heterocycles. The summed E-state index contributed by atoms with van der Waals surface area (Å²) in [6, 6.07) is 1.11. The van der Waals surface area contributed by atoms with Gasteiger partial charge in [-0.05, 0) is 13.0 Å². The highest BCUT2D eigenvalue weighted by atomic mass is 35.5. The molecule has 3 rings (SSSR count). The number of aromatic nitrogens is 3. The van der Waals surface area contributed by atoms with Gasteiger partial charge in [0.2, 0.25) is 0 Å². The minimum atomic E-state index is -4.90. The molecule has 0 saturated carbocycles. The molecule has 0 aliphatic heterocycles. The van der Waals surface area contributed by atoms with Gasteiger partial charge in [-0.15, -0.1) is 11.3 Å². The van der Waals surface area contributed by atoms with Crippen LogP contribution in [0, 0.1) is 12.7 Å². The molecule has 1 aromatic carbocycles. The number of alkyl halides is 3. The van der Waals surface area contributed by atoms with Crippen molar-refractivity contribution >= 4 is 33.2 Å². The Bertz CT molecular complexity index is 1130. The Morgan fingerprint density at radius 3 is 2.48 bits per heavy atom. The van der Waals surface area contributed by atoms with E-state index in [1.54, 1.807) is 6.92 Å². The number of hydrogen-bond acceptors (Lipinski definition) is 4. The van der Waals surface area contributed by atoms with Crippen LogP contribution in [0.15, 0.2) is 21.7 Å². The maximum absolute atomic E-state index is 14.5. The monoisotopic (exact) mass is 393 g/mol. The van der Waals surface area contributed by atoms with Crippen LogP contribution in [-0.4, -0.2) is 14.1 Å². The fourth-order valence-corrected chi connectivity index (χ4v) is 3.68. The first-order valence-electron chi connectivity index (χ1n) is 6.68. The fraction of sp³-hybridized carbons (Fsp3) is 0.214. The van der Waals surface area contributed by atoms with Crippen LogP contribution in [0.3, 0.4) is 0 Å². The molecule has 0 aliphatic carbocycles. The van der Waals surface area contributed by atoms with E-state index in [4.69, 9.17) is 11.6 Å². The van der Waals surface area contributed by atoms with Crippen molar-refractivity contribution in [2.45, 2.75) is 13.1 Å². The molecular formula is C14H8ClF4N3O2S. The average Bonchev–Trinajstić information content (AvgIpc) is 2.87. The molecule has 132 valence electrons. The van der Waals surface area contributed by atoms with Crippen LogP contribution < -0.4 is 11.2 Å². The van der Waals surface area contributed by atoms with E-state index in [-0.39, 0.29) is 25.9 Å². The largest absolute Gasteiger partial charge is 0.431 e. The number of hydrogen-bond donors (Lipinski definition) is 0. The van der Waals surface area contributed by atoms with E-state index in [0.29, 0.717) is 9.57 Å². The standard InChI is InChI=1S/C14H8ClF4N3O2S/c1-5-20-10-6(15)3-7(16)11(12(10)25-5)22-9(23)4-8(14(17,18)19)21(2)13(22)24/h3-4H,1-2H3. The molecular weight excluding hydrogens is 386 g/mol. The third kappa shape index (κ3) is 2.74. The quantitative estimate of drug-likeness (QED) is 0.596. The zero-order valence-electron chi connectivity index (χ0n) is 12.6. The van der Waals surface area contributed by atoms with Crippen LogP contribution in [0.5, 0.6) is 0 Å². The zero-order valence-corrected chi connectivity index (χ0v) is 14.2. The molecule has 11 heteroatoms. The van der Waals surface area contributed by atoms with E-state index in [0.717, 1.165) is 24.5 Å². The maximum atomic E-state index is 14.5. The molecule has 0 radical (unpaired) electrons. The summed E-state index contributed by atoms with van der Waals surface area (Å²) in [5.41, 5.74) is -4.36. The van der Waals surface area contributed by atoms with Crippen molar-refractivity contribution in [3.8, 4) is 5.69 Å². The second kappa shape index (κ2) is 5.67. The molecule has 2 aromatic heterocycles. The molecule has 3 aromatic rings. The van der Waals surface area contributed by atoms with Gasteiger partial charge in [-0.3, -0.25) is 9.36 Å². The van der Waals surface area contributed by atoms with Crippen LogP contribution in [0.1, 0.15) is 10.7 Å². The maximum Gasteiger partial charge on any atom is 0.431 e. The van der Waals surface area contributed by atoms with Crippen LogP contribution >= 0.6 is 22.9 Å². The van der Waals surface area contributed by atoms with Crippen molar-refractivity contribution in [2.24, 2.45) is 7.05 Å². The highest BCUT2D eigenvalue weighted by Gasteiger charge is 2.35. The lowest BCUT2D eigenvalue weighted by molar-refractivity contribution is -0.144. The summed E-state index contributed by atoms with van der Waals surface area (Å²) in [5, 5.41) is 0.456. The molecule has 0 N–H and O–H groups in total. The van der Waals surface area contributed by atoms with Crippen LogP contribution in [0.4, 0.5) is 17.6 Å². The van der Waals surface area contributed by atoms with Gasteiger partial charge in [0.15, 0.2) is 5.82 Å². The minimum absolute atomic E-state index is 0.0302. The van der Waals surface area contributed by atoms with Gasteiger partial charge in [-0.25, -0.2) is 18.7 Å². The molecule has 0 amide bonds. The van der Waals surface area contributed by atoms with Gasteiger partial charge in [0, 0.05) is 13.1 Å². The predicted octanol–water partition coefficient (Wildman–Crippen LogP) is 3.27. The Kier molecular flexibility index (Phi) is 3.99. The van der Waals surface area contributed by atoms with Gasteiger partial charge >= 0.3 is 11.9 Å². The molecule has 0 aliphatic rings. The fourth-order valence-electron chi connectivity index (χ4n) is 2.42. The highest BCUT2D eigenvalue weighted by Crippen LogP contribution is 2.34. The summed E-state index contributed by atoms with van der Waals surface area (Å²) < 4.78 is 53.9. The first-order valence-corrected chi connectivity index (χ1v) is 7.87. The van der Waals surface area contributed by atoms with Crippen LogP contribution in [0.25, 0.3) is 15.9 Å². The molecule has 5 nitrogen and oxygen atoms in total. The van der Waals surface area contributed by atoms with Crippen LogP contribution in [-0.2, 0) is 13.2 Å². The number of thiazole rings is 1. The Hall–Kier alpha value is -2.20. The predicted molar refractivity (Wildman–Crippen MR) is 85.2 cm³/mol. The number of rotatable bonds is 1. The van der Waals surface area contributed by atoms with E-state index < -0.39 is 34.6 Å². The summed E-state index contributed by atoms with van der Waals surface area (Å²) >= 11 is 6.88. The molecule has 0 fully saturated rings. The Morgan fingerprint density at radius 1 is 1.24 bits per heavy atom. The van der Waals surface area contributed by atoms with Crippen molar-refractivity contribution < 1.29 is 17.6 Å². The molecule has 0 bridgehead atoms. The Labute approximate surface area is 145 Å². The van der Waals surface area contributed by atoms with E-state index >= 15 is 0 Å². The summed E-state index contributed by atoms with van der Waals surface area (Å²) in [5.74, 6) is -1.01. The van der Waals surface area contributed by atoms with E-state index in [1.807, 2.05) is 0 Å². The van der Waals surface area contributed by atoms with Crippen molar-refractivity contribution in [1.29, 1.82) is 0 Å². The van der Waals surface area contributed by atoms with E-state index in [9.17, 15) is 27.2 Å². The molecule has 0 spiro atoms. The summed E-state index contributed by atoms with van der Waals surface area (Å²) in [6.45, 7) is 1.61. The molecule has 0 atom stereocenters. The number of fused-ring (bicyclic) bond motifs is 1. The van der Waals surface area contributed by atoms with Gasteiger partial charge in [-0.1, -0.05) is 11.6 Å². The lowest BCUT2D eigenvalue weighted by Crippen LogP contribution is -2.41. The summed E-state index contributed by atoms with van der Waals surface area (Å²) in [6.07, 6.45) is -4.90. The van der Waals surface area contributed by atoms with Gasteiger partial charge in [-0.2, -0.15) is 13.2 Å².